The lowest BCUT2D eigenvalue weighted by Crippen LogP contribution is -2.56. The van der Waals surface area contributed by atoms with Crippen LogP contribution < -0.4 is 10.1 Å². The number of hydrogen-bond donors (Lipinski definition) is 1. The highest BCUT2D eigenvalue weighted by Crippen LogP contribution is 2.51. The van der Waals surface area contributed by atoms with Crippen molar-refractivity contribution in [3.63, 3.8) is 0 Å². The lowest BCUT2D eigenvalue weighted by atomic mass is 9.59. The summed E-state index contributed by atoms with van der Waals surface area (Å²) >= 11 is 0. The summed E-state index contributed by atoms with van der Waals surface area (Å²) in [5, 5.41) is 3.73. The summed E-state index contributed by atoms with van der Waals surface area (Å²) in [4.78, 5) is 2.26. The fraction of sp³-hybridized carbons (Fsp3) is 0.727. The maximum atomic E-state index is 6.56. The maximum absolute atomic E-state index is 6.56. The van der Waals surface area contributed by atoms with Gasteiger partial charge in [-0.05, 0) is 89.3 Å². The van der Waals surface area contributed by atoms with Crippen LogP contribution in [0, 0.1) is 23.7 Å². The van der Waals surface area contributed by atoms with Crippen molar-refractivity contribution >= 4 is 0 Å². The van der Waals surface area contributed by atoms with Gasteiger partial charge in [-0.3, -0.25) is 0 Å². The van der Waals surface area contributed by atoms with Crippen molar-refractivity contribution < 1.29 is 4.74 Å². The zero-order valence-electron chi connectivity index (χ0n) is 16.7. The van der Waals surface area contributed by atoms with Crippen molar-refractivity contribution in [2.75, 3.05) is 33.7 Å². The molecule has 140 valence electrons. The zero-order valence-corrected chi connectivity index (χ0v) is 16.7. The van der Waals surface area contributed by atoms with Gasteiger partial charge in [-0.25, -0.2) is 0 Å². The number of rotatable bonds is 6. The van der Waals surface area contributed by atoms with Gasteiger partial charge in [-0.15, -0.1) is 0 Å². The van der Waals surface area contributed by atoms with Crippen LogP contribution in [0.3, 0.4) is 0 Å². The van der Waals surface area contributed by atoms with Crippen LogP contribution in [0.25, 0.3) is 0 Å². The number of nitrogens with one attached hydrogen (secondary N) is 1. The molecule has 0 radical (unpaired) electrons. The zero-order chi connectivity index (χ0) is 18.0. The molecule has 0 amide bonds. The average molecular weight is 345 g/mol. The second-order valence-corrected chi connectivity index (χ2v) is 8.90. The lowest BCUT2D eigenvalue weighted by Gasteiger charge is -2.53. The summed E-state index contributed by atoms with van der Waals surface area (Å²) in [5.41, 5.74) is 1.39. The third-order valence-corrected chi connectivity index (χ3v) is 6.65. The smallest absolute Gasteiger partial charge is 0.123 e. The summed E-state index contributed by atoms with van der Waals surface area (Å²) in [7, 11) is 4.29. The van der Waals surface area contributed by atoms with Crippen LogP contribution in [-0.2, 0) is 6.42 Å². The van der Waals surface area contributed by atoms with Crippen molar-refractivity contribution in [2.45, 2.75) is 45.6 Å². The fourth-order valence-electron chi connectivity index (χ4n) is 5.27. The first-order valence-electron chi connectivity index (χ1n) is 10.0. The highest BCUT2D eigenvalue weighted by molar-refractivity contribution is 5.37. The number of para-hydroxylation sites is 1. The normalized spacial score (nSPS) is 34.3. The molecule has 0 spiro atoms. The number of nitrogens with zero attached hydrogens (tertiary/aromatic N) is 1. The summed E-state index contributed by atoms with van der Waals surface area (Å²) in [6, 6.07) is 8.63. The van der Waals surface area contributed by atoms with Crippen molar-refractivity contribution in [1.82, 2.24) is 10.2 Å². The van der Waals surface area contributed by atoms with Gasteiger partial charge >= 0.3 is 0 Å². The molecule has 1 fully saturated rings. The van der Waals surface area contributed by atoms with E-state index in [9.17, 15) is 0 Å². The molecule has 3 rings (SSSR count). The number of ether oxygens (including phenoxy) is 1. The quantitative estimate of drug-likeness (QED) is 0.794. The minimum absolute atomic E-state index is 0.00535. The SMILES string of the molecule is C[C@H]1[C@H](CNCCCN(C)C)[C@H](C)C[C@@]2(C)Oc3ccccc3C[C@H]12. The Hall–Kier alpha value is -1.06. The van der Waals surface area contributed by atoms with E-state index in [1.807, 2.05) is 0 Å². The van der Waals surface area contributed by atoms with Gasteiger partial charge in [-0.2, -0.15) is 0 Å². The lowest BCUT2D eigenvalue weighted by molar-refractivity contribution is -0.0887. The third-order valence-electron chi connectivity index (χ3n) is 6.65. The average Bonchev–Trinajstić information content (AvgIpc) is 2.55. The summed E-state index contributed by atoms with van der Waals surface area (Å²) in [6.07, 6.45) is 3.55. The number of fused-ring (bicyclic) bond motifs is 2. The van der Waals surface area contributed by atoms with E-state index >= 15 is 0 Å². The summed E-state index contributed by atoms with van der Waals surface area (Å²) < 4.78 is 6.56. The Labute approximate surface area is 154 Å². The van der Waals surface area contributed by atoms with Gasteiger partial charge in [0, 0.05) is 5.92 Å². The van der Waals surface area contributed by atoms with Crippen molar-refractivity contribution in [2.24, 2.45) is 23.7 Å². The van der Waals surface area contributed by atoms with Crippen LogP contribution >= 0.6 is 0 Å². The van der Waals surface area contributed by atoms with E-state index in [0.717, 1.165) is 37.7 Å². The summed E-state index contributed by atoms with van der Waals surface area (Å²) in [6.45, 7) is 10.7. The largest absolute Gasteiger partial charge is 0.487 e. The predicted molar refractivity (Wildman–Crippen MR) is 105 cm³/mol. The first-order chi connectivity index (χ1) is 11.9. The minimum Gasteiger partial charge on any atom is -0.487 e. The van der Waals surface area contributed by atoms with E-state index in [0.29, 0.717) is 17.8 Å². The Morgan fingerprint density at radius 1 is 1.24 bits per heavy atom. The second-order valence-electron chi connectivity index (χ2n) is 8.90. The number of hydrogen-bond acceptors (Lipinski definition) is 3. The van der Waals surface area contributed by atoms with Crippen molar-refractivity contribution in [1.29, 1.82) is 0 Å². The maximum Gasteiger partial charge on any atom is 0.123 e. The number of benzene rings is 1. The van der Waals surface area contributed by atoms with Crippen LogP contribution in [0.4, 0.5) is 0 Å². The van der Waals surface area contributed by atoms with Gasteiger partial charge in [0.15, 0.2) is 0 Å². The van der Waals surface area contributed by atoms with Crippen molar-refractivity contribution in [3.05, 3.63) is 29.8 Å². The van der Waals surface area contributed by atoms with Gasteiger partial charge in [0.2, 0.25) is 0 Å². The fourth-order valence-corrected chi connectivity index (χ4v) is 5.27. The highest BCUT2D eigenvalue weighted by Gasteiger charge is 2.51. The monoisotopic (exact) mass is 344 g/mol. The molecule has 5 atom stereocenters. The van der Waals surface area contributed by atoms with E-state index in [2.05, 4.69) is 69.3 Å². The molecule has 1 aromatic rings. The molecule has 1 heterocycles. The van der Waals surface area contributed by atoms with E-state index in [1.165, 1.54) is 18.4 Å². The molecule has 0 bridgehead atoms. The standard InChI is InChI=1S/C22H36N2O/c1-16-14-22(3)20(13-18-9-6-7-10-21(18)25-22)17(2)19(16)15-23-11-8-12-24(4)5/h6-7,9-10,16-17,19-20,23H,8,11-15H2,1-5H3/t16-,17+,19-,20-,22-/m1/s1. The topological polar surface area (TPSA) is 24.5 Å². The van der Waals surface area contributed by atoms with Gasteiger partial charge in [0.25, 0.3) is 0 Å². The molecule has 1 aromatic carbocycles. The molecule has 1 N–H and O–H groups in total. The van der Waals surface area contributed by atoms with Gasteiger partial charge in [0.05, 0.1) is 0 Å². The first kappa shape index (κ1) is 18.7. The molecular formula is C22H36N2O. The molecule has 3 heteroatoms. The van der Waals surface area contributed by atoms with E-state index in [-0.39, 0.29) is 5.60 Å². The Bertz CT molecular complexity index is 573. The molecule has 0 saturated heterocycles. The van der Waals surface area contributed by atoms with Crippen LogP contribution in [0.15, 0.2) is 24.3 Å². The molecule has 0 unspecified atom stereocenters. The highest BCUT2D eigenvalue weighted by atomic mass is 16.5. The second kappa shape index (κ2) is 7.67. The molecular weight excluding hydrogens is 308 g/mol. The Kier molecular flexibility index (Phi) is 5.75. The van der Waals surface area contributed by atoms with Crippen LogP contribution in [0.5, 0.6) is 5.75 Å². The predicted octanol–water partition coefficient (Wildman–Crippen LogP) is 3.83. The molecule has 1 saturated carbocycles. The van der Waals surface area contributed by atoms with Gasteiger partial charge in [-0.1, -0.05) is 32.0 Å². The Balaban J connectivity index is 1.64. The van der Waals surface area contributed by atoms with Crippen LogP contribution in [-0.4, -0.2) is 44.2 Å². The molecule has 3 nitrogen and oxygen atoms in total. The van der Waals surface area contributed by atoms with E-state index < -0.39 is 0 Å². The molecule has 1 aliphatic carbocycles. The third kappa shape index (κ3) is 4.03. The molecule has 1 aliphatic heterocycles. The summed E-state index contributed by atoms with van der Waals surface area (Å²) in [5.74, 6) is 3.85. The van der Waals surface area contributed by atoms with Crippen LogP contribution in [0.2, 0.25) is 0 Å². The van der Waals surface area contributed by atoms with E-state index in [1.54, 1.807) is 0 Å². The van der Waals surface area contributed by atoms with Crippen LogP contribution in [0.1, 0.15) is 39.2 Å². The molecule has 25 heavy (non-hydrogen) atoms. The molecule has 0 aromatic heterocycles. The molecule has 2 aliphatic rings. The first-order valence-corrected chi connectivity index (χ1v) is 10.0. The minimum atomic E-state index is -0.00535. The Morgan fingerprint density at radius 3 is 2.76 bits per heavy atom. The Morgan fingerprint density at radius 2 is 2.00 bits per heavy atom. The van der Waals surface area contributed by atoms with E-state index in [4.69, 9.17) is 4.74 Å². The van der Waals surface area contributed by atoms with Gasteiger partial charge in [0.1, 0.15) is 11.4 Å². The van der Waals surface area contributed by atoms with Gasteiger partial charge < -0.3 is 15.0 Å². The van der Waals surface area contributed by atoms with Crippen molar-refractivity contribution in [3.8, 4) is 5.75 Å².